The van der Waals surface area contributed by atoms with Crippen LogP contribution in [0.3, 0.4) is 0 Å². The first-order valence-electron chi connectivity index (χ1n) is 8.25. The van der Waals surface area contributed by atoms with Crippen LogP contribution < -0.4 is 5.32 Å². The lowest BCUT2D eigenvalue weighted by Gasteiger charge is -2.36. The molecule has 1 heterocycles. The summed E-state index contributed by atoms with van der Waals surface area (Å²) < 4.78 is 0. The van der Waals surface area contributed by atoms with Crippen molar-refractivity contribution in [3.63, 3.8) is 0 Å². The van der Waals surface area contributed by atoms with Crippen molar-refractivity contribution in [3.05, 3.63) is 11.3 Å². The van der Waals surface area contributed by atoms with Gasteiger partial charge in [0.2, 0.25) is 5.91 Å². The summed E-state index contributed by atoms with van der Waals surface area (Å²) in [5.41, 5.74) is 2.24. The van der Waals surface area contributed by atoms with Gasteiger partial charge in [0.25, 0.3) is 0 Å². The van der Waals surface area contributed by atoms with Crippen molar-refractivity contribution in [3.8, 4) is 0 Å². The Labute approximate surface area is 130 Å². The minimum atomic E-state index is -0.288. The molecular formula is C18H32N2O. The number of carbonyl (C=O) groups excluding carboxylic acids is 1. The van der Waals surface area contributed by atoms with Crippen molar-refractivity contribution < 1.29 is 4.79 Å². The zero-order valence-corrected chi connectivity index (χ0v) is 14.9. The Morgan fingerprint density at radius 2 is 1.52 bits per heavy atom. The van der Waals surface area contributed by atoms with E-state index in [1.165, 1.54) is 5.57 Å². The van der Waals surface area contributed by atoms with Crippen LogP contribution in [0.25, 0.3) is 0 Å². The smallest absolute Gasteiger partial charge is 0.244 e. The second-order valence-corrected chi connectivity index (χ2v) is 8.90. The van der Waals surface area contributed by atoms with Gasteiger partial charge in [0.15, 0.2) is 0 Å². The van der Waals surface area contributed by atoms with Crippen LogP contribution in [-0.4, -0.2) is 29.9 Å². The van der Waals surface area contributed by atoms with Crippen molar-refractivity contribution in [1.82, 2.24) is 10.2 Å². The molecule has 21 heavy (non-hydrogen) atoms. The van der Waals surface area contributed by atoms with Gasteiger partial charge in [-0.05, 0) is 30.9 Å². The molecular weight excluding hydrogens is 260 g/mol. The first kappa shape index (κ1) is 16.5. The number of rotatable bonds is 0. The summed E-state index contributed by atoms with van der Waals surface area (Å²) in [6.07, 6.45) is 4.30. The molecule has 0 aromatic carbocycles. The molecule has 3 heteroatoms. The Kier molecular flexibility index (Phi) is 4.03. The average molecular weight is 292 g/mol. The number of nitrogens with zero attached hydrogens (tertiary/aromatic N) is 1. The molecule has 1 N–H and O–H groups in total. The molecule has 1 fully saturated rings. The average Bonchev–Trinajstić information content (AvgIpc) is 2.76. The molecule has 1 aliphatic carbocycles. The normalized spacial score (nSPS) is 24.4. The van der Waals surface area contributed by atoms with Crippen LogP contribution in [0, 0.1) is 10.8 Å². The van der Waals surface area contributed by atoms with E-state index in [0.29, 0.717) is 0 Å². The highest BCUT2D eigenvalue weighted by atomic mass is 16.2. The highest BCUT2D eigenvalue weighted by Gasteiger charge is 2.48. The number of carbonyl (C=O) groups is 1. The van der Waals surface area contributed by atoms with Crippen molar-refractivity contribution in [2.24, 2.45) is 10.8 Å². The van der Waals surface area contributed by atoms with E-state index in [9.17, 15) is 4.79 Å². The molecule has 1 aliphatic heterocycles. The number of hydrogen-bond acceptors (Lipinski definition) is 2. The van der Waals surface area contributed by atoms with Gasteiger partial charge in [0.05, 0.1) is 0 Å². The molecule has 0 aromatic heterocycles. The molecule has 0 unspecified atom stereocenters. The Bertz CT molecular complexity index is 457. The lowest BCUT2D eigenvalue weighted by Crippen LogP contribution is -2.54. The van der Waals surface area contributed by atoms with Crippen LogP contribution in [0.1, 0.15) is 67.2 Å². The fraction of sp³-hybridized carbons (Fsp3) is 0.833. The van der Waals surface area contributed by atoms with E-state index < -0.39 is 0 Å². The fourth-order valence-corrected chi connectivity index (χ4v) is 3.77. The standard InChI is InChI=1S/C18H32N2O/c1-16(2,3)13-12-20(7)18(10-8-9-11-18)15(21)19-14(13)17(4,5)6/h8-12H2,1-7H3,(H,19,21). The zero-order valence-electron chi connectivity index (χ0n) is 14.9. The summed E-state index contributed by atoms with van der Waals surface area (Å²) in [5, 5.41) is 3.34. The number of nitrogens with one attached hydrogen (secondary N) is 1. The van der Waals surface area contributed by atoms with E-state index in [0.717, 1.165) is 37.9 Å². The van der Waals surface area contributed by atoms with Crippen LogP contribution in [0.15, 0.2) is 11.3 Å². The zero-order chi connectivity index (χ0) is 16.1. The SMILES string of the molecule is CN1CC(C(C)(C)C)=C(C(C)(C)C)NC(=O)C12CCCC2. The Balaban J connectivity index is 2.51. The molecule has 120 valence electrons. The fourth-order valence-electron chi connectivity index (χ4n) is 3.77. The summed E-state index contributed by atoms with van der Waals surface area (Å²) in [5.74, 6) is 0.215. The molecule has 2 aliphatic rings. The van der Waals surface area contributed by atoms with Crippen molar-refractivity contribution in [2.45, 2.75) is 72.8 Å². The van der Waals surface area contributed by atoms with Gasteiger partial charge in [-0.3, -0.25) is 9.69 Å². The predicted octanol–water partition coefficient (Wildman–Crippen LogP) is 3.71. The van der Waals surface area contributed by atoms with Crippen LogP contribution in [0.4, 0.5) is 0 Å². The molecule has 1 saturated carbocycles. The van der Waals surface area contributed by atoms with Crippen molar-refractivity contribution in [1.29, 1.82) is 0 Å². The van der Waals surface area contributed by atoms with E-state index in [2.05, 4.69) is 58.8 Å². The molecule has 2 rings (SSSR count). The van der Waals surface area contributed by atoms with E-state index >= 15 is 0 Å². The van der Waals surface area contributed by atoms with E-state index in [4.69, 9.17) is 0 Å². The summed E-state index contributed by atoms with van der Waals surface area (Å²) >= 11 is 0. The molecule has 3 nitrogen and oxygen atoms in total. The third-order valence-electron chi connectivity index (χ3n) is 5.17. The third-order valence-corrected chi connectivity index (χ3v) is 5.17. The summed E-state index contributed by atoms with van der Waals surface area (Å²) in [4.78, 5) is 15.3. The van der Waals surface area contributed by atoms with Crippen molar-refractivity contribution >= 4 is 5.91 Å². The number of amides is 1. The van der Waals surface area contributed by atoms with Gasteiger partial charge in [0.1, 0.15) is 5.54 Å². The van der Waals surface area contributed by atoms with Gasteiger partial charge < -0.3 is 5.32 Å². The van der Waals surface area contributed by atoms with E-state index in [1.807, 2.05) is 0 Å². The van der Waals surface area contributed by atoms with Crippen molar-refractivity contribution in [2.75, 3.05) is 13.6 Å². The van der Waals surface area contributed by atoms with Crippen LogP contribution in [0.5, 0.6) is 0 Å². The Hall–Kier alpha value is -0.830. The maximum atomic E-state index is 13.0. The quantitative estimate of drug-likeness (QED) is 0.738. The molecule has 1 amide bonds. The lowest BCUT2D eigenvalue weighted by molar-refractivity contribution is -0.131. The summed E-state index contributed by atoms with van der Waals surface area (Å²) in [7, 11) is 2.13. The second kappa shape index (κ2) is 5.12. The molecule has 0 aromatic rings. The van der Waals surface area contributed by atoms with Crippen LogP contribution >= 0.6 is 0 Å². The second-order valence-electron chi connectivity index (χ2n) is 8.90. The van der Waals surface area contributed by atoms with E-state index in [1.54, 1.807) is 0 Å². The largest absolute Gasteiger partial charge is 0.328 e. The topological polar surface area (TPSA) is 32.3 Å². The number of likely N-dealkylation sites (N-methyl/N-ethyl adjacent to an activating group) is 1. The first-order chi connectivity index (χ1) is 9.48. The maximum Gasteiger partial charge on any atom is 0.244 e. The van der Waals surface area contributed by atoms with Crippen LogP contribution in [0.2, 0.25) is 0 Å². The highest BCUT2D eigenvalue weighted by Crippen LogP contribution is 2.42. The monoisotopic (exact) mass is 292 g/mol. The van der Waals surface area contributed by atoms with Gasteiger partial charge in [-0.25, -0.2) is 0 Å². The van der Waals surface area contributed by atoms with Gasteiger partial charge in [0, 0.05) is 17.7 Å². The minimum absolute atomic E-state index is 0.0384. The molecule has 1 spiro atoms. The van der Waals surface area contributed by atoms with Gasteiger partial charge >= 0.3 is 0 Å². The molecule has 0 radical (unpaired) electrons. The molecule has 0 saturated heterocycles. The molecule has 0 atom stereocenters. The summed E-state index contributed by atoms with van der Waals surface area (Å²) in [6, 6.07) is 0. The Morgan fingerprint density at radius 3 is 1.95 bits per heavy atom. The number of hydrogen-bond donors (Lipinski definition) is 1. The minimum Gasteiger partial charge on any atom is -0.328 e. The molecule has 0 bridgehead atoms. The first-order valence-corrected chi connectivity index (χ1v) is 8.25. The van der Waals surface area contributed by atoms with Gasteiger partial charge in [-0.1, -0.05) is 54.4 Å². The highest BCUT2D eigenvalue weighted by molar-refractivity contribution is 5.89. The van der Waals surface area contributed by atoms with Gasteiger partial charge in [-0.2, -0.15) is 0 Å². The predicted molar refractivity (Wildman–Crippen MR) is 87.9 cm³/mol. The number of allylic oxidation sites excluding steroid dienone is 1. The maximum absolute atomic E-state index is 13.0. The lowest BCUT2D eigenvalue weighted by atomic mass is 9.78. The third kappa shape index (κ3) is 2.90. The van der Waals surface area contributed by atoms with E-state index in [-0.39, 0.29) is 22.3 Å². The summed E-state index contributed by atoms with van der Waals surface area (Å²) in [6.45, 7) is 14.2. The van der Waals surface area contributed by atoms with Gasteiger partial charge in [-0.15, -0.1) is 0 Å². The van der Waals surface area contributed by atoms with Crippen LogP contribution in [-0.2, 0) is 4.79 Å². The Morgan fingerprint density at radius 1 is 1.00 bits per heavy atom.